The van der Waals surface area contributed by atoms with Crippen molar-refractivity contribution in [3.05, 3.63) is 55.1 Å². The molecule has 1 fully saturated rings. The molecule has 0 bridgehead atoms. The maximum Gasteiger partial charge on any atom is 0.0697 e. The van der Waals surface area contributed by atoms with Crippen LogP contribution in [0.4, 0.5) is 0 Å². The highest BCUT2D eigenvalue weighted by Gasteiger charge is 2.25. The Morgan fingerprint density at radius 2 is 1.80 bits per heavy atom. The van der Waals surface area contributed by atoms with Crippen molar-refractivity contribution in [3.63, 3.8) is 0 Å². The molecule has 0 amide bonds. The highest BCUT2D eigenvalue weighted by molar-refractivity contribution is 9.11. The van der Waals surface area contributed by atoms with E-state index in [4.69, 9.17) is 0 Å². The molecular weight excluding hydrogens is 400 g/mol. The molecule has 0 radical (unpaired) electrons. The summed E-state index contributed by atoms with van der Waals surface area (Å²) >= 11 is 9.06. The van der Waals surface area contributed by atoms with Crippen LogP contribution in [0, 0.1) is 0 Å². The lowest BCUT2D eigenvalue weighted by molar-refractivity contribution is 0.200. The maximum absolute atomic E-state index is 3.61. The Kier molecular flexibility index (Phi) is 4.94. The smallest absolute Gasteiger partial charge is 0.0697 e. The van der Waals surface area contributed by atoms with E-state index >= 15 is 0 Å². The highest BCUT2D eigenvalue weighted by atomic mass is 79.9. The largest absolute Gasteiger partial charge is 0.314 e. The molecule has 0 aliphatic carbocycles. The lowest BCUT2D eigenvalue weighted by atomic mass is 10.0. The van der Waals surface area contributed by atoms with Gasteiger partial charge in [0.2, 0.25) is 0 Å². The van der Waals surface area contributed by atoms with Gasteiger partial charge in [-0.05, 0) is 35.2 Å². The normalized spacial score (nSPS) is 18.1. The van der Waals surface area contributed by atoms with Crippen LogP contribution >= 0.6 is 43.2 Å². The first-order valence-electron chi connectivity index (χ1n) is 6.68. The number of nitrogens with one attached hydrogen (secondary N) is 1. The first-order valence-corrected chi connectivity index (χ1v) is 9.15. The Bertz CT molecular complexity index is 545. The predicted octanol–water partition coefficient (Wildman–Crippen LogP) is 4.27. The van der Waals surface area contributed by atoms with Crippen LogP contribution in [0.1, 0.15) is 16.5 Å². The van der Waals surface area contributed by atoms with Gasteiger partial charge >= 0.3 is 0 Å². The van der Waals surface area contributed by atoms with Gasteiger partial charge < -0.3 is 5.32 Å². The third-order valence-corrected chi connectivity index (χ3v) is 5.37. The summed E-state index contributed by atoms with van der Waals surface area (Å²) in [5.41, 5.74) is 1.34. The molecule has 2 heterocycles. The fraction of sp³-hybridized carbons (Fsp3) is 0.333. The Morgan fingerprint density at radius 3 is 2.40 bits per heavy atom. The third kappa shape index (κ3) is 3.34. The van der Waals surface area contributed by atoms with E-state index < -0.39 is 0 Å². The Labute approximate surface area is 140 Å². The topological polar surface area (TPSA) is 15.3 Å². The molecule has 0 spiro atoms. The van der Waals surface area contributed by atoms with Gasteiger partial charge in [-0.1, -0.05) is 37.9 Å². The van der Waals surface area contributed by atoms with Gasteiger partial charge in [-0.3, -0.25) is 4.90 Å². The summed E-state index contributed by atoms with van der Waals surface area (Å²) in [5.74, 6) is 0. The van der Waals surface area contributed by atoms with Crippen LogP contribution in [-0.4, -0.2) is 31.1 Å². The molecule has 1 aromatic carbocycles. The summed E-state index contributed by atoms with van der Waals surface area (Å²) in [6.45, 7) is 4.31. The molecule has 1 atom stereocenters. The van der Waals surface area contributed by atoms with Gasteiger partial charge in [0, 0.05) is 40.0 Å². The number of hydrogen-bond donors (Lipinski definition) is 1. The van der Waals surface area contributed by atoms with Crippen molar-refractivity contribution in [1.29, 1.82) is 0 Å². The average molecular weight is 416 g/mol. The van der Waals surface area contributed by atoms with E-state index in [0.717, 1.165) is 35.1 Å². The Morgan fingerprint density at radius 1 is 1.10 bits per heavy atom. The SMILES string of the molecule is Brc1cc(Br)cc([C@H](c2cccs2)N2CCNCC2)c1. The first-order chi connectivity index (χ1) is 9.74. The van der Waals surface area contributed by atoms with Crippen LogP contribution in [0.5, 0.6) is 0 Å². The van der Waals surface area contributed by atoms with Crippen molar-refractivity contribution in [2.24, 2.45) is 0 Å². The molecular formula is C15H16Br2N2S. The van der Waals surface area contributed by atoms with Crippen LogP contribution in [0.3, 0.4) is 0 Å². The number of rotatable bonds is 3. The molecule has 1 aromatic heterocycles. The lowest BCUT2D eigenvalue weighted by Gasteiger charge is -2.35. The number of benzene rings is 1. The zero-order valence-electron chi connectivity index (χ0n) is 11.0. The van der Waals surface area contributed by atoms with Crippen molar-refractivity contribution >= 4 is 43.2 Å². The van der Waals surface area contributed by atoms with Crippen LogP contribution in [0.15, 0.2) is 44.7 Å². The second-order valence-electron chi connectivity index (χ2n) is 4.91. The van der Waals surface area contributed by atoms with Gasteiger partial charge in [0.15, 0.2) is 0 Å². The third-order valence-electron chi connectivity index (χ3n) is 3.53. The molecule has 20 heavy (non-hydrogen) atoms. The second-order valence-corrected chi connectivity index (χ2v) is 7.72. The van der Waals surface area contributed by atoms with Crippen molar-refractivity contribution < 1.29 is 0 Å². The van der Waals surface area contributed by atoms with Crippen LogP contribution in [0.25, 0.3) is 0 Å². The van der Waals surface area contributed by atoms with E-state index in [1.54, 1.807) is 0 Å². The minimum absolute atomic E-state index is 0.353. The number of nitrogens with zero attached hydrogens (tertiary/aromatic N) is 1. The fourth-order valence-electron chi connectivity index (χ4n) is 2.68. The lowest BCUT2D eigenvalue weighted by Crippen LogP contribution is -2.45. The first kappa shape index (κ1) is 14.7. The summed E-state index contributed by atoms with van der Waals surface area (Å²) in [7, 11) is 0. The molecule has 5 heteroatoms. The van der Waals surface area contributed by atoms with Gasteiger partial charge in [-0.15, -0.1) is 11.3 Å². The molecule has 1 aliphatic heterocycles. The highest BCUT2D eigenvalue weighted by Crippen LogP contribution is 2.34. The zero-order valence-corrected chi connectivity index (χ0v) is 15.0. The van der Waals surface area contributed by atoms with E-state index in [1.165, 1.54) is 10.4 Å². The molecule has 2 aromatic rings. The van der Waals surface area contributed by atoms with Crippen molar-refractivity contribution in [3.8, 4) is 0 Å². The summed E-state index contributed by atoms with van der Waals surface area (Å²) < 4.78 is 2.25. The van der Waals surface area contributed by atoms with Gasteiger partial charge in [-0.25, -0.2) is 0 Å². The Balaban J connectivity index is 2.00. The standard InChI is InChI=1S/C15H16Br2N2S/c16-12-8-11(9-13(17)10-12)15(14-2-1-7-20-14)19-5-3-18-4-6-19/h1-2,7-10,15,18H,3-6H2/t15-/m1/s1. The van der Waals surface area contributed by atoms with Crippen molar-refractivity contribution in [2.45, 2.75) is 6.04 Å². The fourth-order valence-corrected chi connectivity index (χ4v) is 4.89. The zero-order chi connectivity index (χ0) is 13.9. The van der Waals surface area contributed by atoms with Crippen molar-refractivity contribution in [2.75, 3.05) is 26.2 Å². The molecule has 0 unspecified atom stereocenters. The van der Waals surface area contributed by atoms with E-state index in [9.17, 15) is 0 Å². The molecule has 1 aliphatic rings. The van der Waals surface area contributed by atoms with E-state index in [0.29, 0.717) is 6.04 Å². The molecule has 1 N–H and O–H groups in total. The number of hydrogen-bond acceptors (Lipinski definition) is 3. The van der Waals surface area contributed by atoms with Crippen LogP contribution in [-0.2, 0) is 0 Å². The monoisotopic (exact) mass is 414 g/mol. The van der Waals surface area contributed by atoms with Crippen LogP contribution < -0.4 is 5.32 Å². The molecule has 0 saturated carbocycles. The molecule has 2 nitrogen and oxygen atoms in total. The minimum atomic E-state index is 0.353. The van der Waals surface area contributed by atoms with E-state index in [1.807, 2.05) is 11.3 Å². The second kappa shape index (κ2) is 6.71. The van der Waals surface area contributed by atoms with Crippen LogP contribution in [0.2, 0.25) is 0 Å². The van der Waals surface area contributed by atoms with Gasteiger partial charge in [0.25, 0.3) is 0 Å². The summed E-state index contributed by atoms with van der Waals surface area (Å²) in [6.07, 6.45) is 0. The number of thiophene rings is 1. The Hall–Kier alpha value is -0.200. The quantitative estimate of drug-likeness (QED) is 0.805. The summed E-state index contributed by atoms with van der Waals surface area (Å²) in [5, 5.41) is 5.60. The minimum Gasteiger partial charge on any atom is -0.314 e. The van der Waals surface area contributed by atoms with Gasteiger partial charge in [0.05, 0.1) is 6.04 Å². The molecule has 1 saturated heterocycles. The number of halogens is 2. The predicted molar refractivity (Wildman–Crippen MR) is 92.4 cm³/mol. The van der Waals surface area contributed by atoms with Gasteiger partial charge in [-0.2, -0.15) is 0 Å². The summed E-state index contributed by atoms with van der Waals surface area (Å²) in [6, 6.07) is 11.3. The summed E-state index contributed by atoms with van der Waals surface area (Å²) in [4.78, 5) is 3.98. The maximum atomic E-state index is 3.61. The molecule has 3 rings (SSSR count). The van der Waals surface area contributed by atoms with Crippen molar-refractivity contribution in [1.82, 2.24) is 10.2 Å². The average Bonchev–Trinajstić information content (AvgIpc) is 2.93. The van der Waals surface area contributed by atoms with E-state index in [2.05, 4.69) is 77.8 Å². The number of piperazine rings is 1. The van der Waals surface area contributed by atoms with Gasteiger partial charge in [0.1, 0.15) is 0 Å². The van der Waals surface area contributed by atoms with E-state index in [-0.39, 0.29) is 0 Å². The molecule has 106 valence electrons.